The summed E-state index contributed by atoms with van der Waals surface area (Å²) in [4.78, 5) is 14.7. The summed E-state index contributed by atoms with van der Waals surface area (Å²) in [5.74, 6) is 0.603. The molecule has 4 heteroatoms. The molecule has 0 spiro atoms. The zero-order chi connectivity index (χ0) is 10.7. The third kappa shape index (κ3) is 2.58. The Morgan fingerprint density at radius 2 is 2.29 bits per heavy atom. The standard InChI is InChI=1S/C10H16N2O2/c1-7(2)10-11-8(6-12(10)3)4-5-9(13)14/h6-7H,4-5H2,1-3H3,(H,13,14). The summed E-state index contributed by atoms with van der Waals surface area (Å²) in [6.45, 7) is 4.15. The zero-order valence-electron chi connectivity index (χ0n) is 8.82. The molecule has 0 fully saturated rings. The first kappa shape index (κ1) is 10.8. The predicted octanol–water partition coefficient (Wildman–Crippen LogP) is 1.56. The molecule has 1 N–H and O–H groups in total. The normalized spacial score (nSPS) is 10.9. The second-order valence-corrected chi connectivity index (χ2v) is 3.75. The number of aliphatic carboxylic acids is 1. The fourth-order valence-electron chi connectivity index (χ4n) is 1.44. The van der Waals surface area contributed by atoms with Crippen LogP contribution in [-0.4, -0.2) is 20.6 Å². The summed E-state index contributed by atoms with van der Waals surface area (Å²) < 4.78 is 1.96. The van der Waals surface area contributed by atoms with E-state index in [1.165, 1.54) is 0 Å². The third-order valence-electron chi connectivity index (χ3n) is 2.07. The lowest BCUT2D eigenvalue weighted by Gasteiger charge is -2.02. The zero-order valence-corrected chi connectivity index (χ0v) is 8.82. The lowest BCUT2D eigenvalue weighted by atomic mass is 10.2. The molecule has 0 radical (unpaired) electrons. The first-order valence-electron chi connectivity index (χ1n) is 4.74. The molecule has 0 aromatic carbocycles. The summed E-state index contributed by atoms with van der Waals surface area (Å²) in [5.41, 5.74) is 0.860. The molecular weight excluding hydrogens is 180 g/mol. The summed E-state index contributed by atoms with van der Waals surface area (Å²) in [6.07, 6.45) is 2.56. The Bertz CT molecular complexity index is 329. The van der Waals surface area contributed by atoms with Crippen LogP contribution >= 0.6 is 0 Å². The Labute approximate surface area is 83.6 Å². The Morgan fingerprint density at radius 3 is 2.71 bits per heavy atom. The molecule has 0 saturated carbocycles. The van der Waals surface area contributed by atoms with Crippen LogP contribution in [0, 0.1) is 0 Å². The molecule has 1 heterocycles. The summed E-state index contributed by atoms with van der Waals surface area (Å²) in [6, 6.07) is 0. The Balaban J connectivity index is 2.71. The smallest absolute Gasteiger partial charge is 0.303 e. The first-order valence-corrected chi connectivity index (χ1v) is 4.74. The van der Waals surface area contributed by atoms with Gasteiger partial charge in [0.15, 0.2) is 0 Å². The van der Waals surface area contributed by atoms with Crippen molar-refractivity contribution in [2.24, 2.45) is 7.05 Å². The van der Waals surface area contributed by atoms with Gasteiger partial charge in [0.05, 0.1) is 12.1 Å². The molecule has 0 atom stereocenters. The number of aromatic nitrogens is 2. The molecule has 1 aromatic heterocycles. The minimum Gasteiger partial charge on any atom is -0.481 e. The highest BCUT2D eigenvalue weighted by Gasteiger charge is 2.09. The summed E-state index contributed by atoms with van der Waals surface area (Å²) in [5, 5.41) is 8.53. The molecule has 0 amide bonds. The van der Waals surface area contributed by atoms with E-state index in [4.69, 9.17) is 5.11 Å². The van der Waals surface area contributed by atoms with Crippen LogP contribution in [0.2, 0.25) is 0 Å². The van der Waals surface area contributed by atoms with Crippen LogP contribution in [0.1, 0.15) is 37.7 Å². The van der Waals surface area contributed by atoms with E-state index in [1.54, 1.807) is 0 Å². The van der Waals surface area contributed by atoms with E-state index in [0.29, 0.717) is 12.3 Å². The van der Waals surface area contributed by atoms with Crippen molar-refractivity contribution in [3.05, 3.63) is 17.7 Å². The van der Waals surface area contributed by atoms with E-state index >= 15 is 0 Å². The second-order valence-electron chi connectivity index (χ2n) is 3.75. The highest BCUT2D eigenvalue weighted by atomic mass is 16.4. The minimum absolute atomic E-state index is 0.147. The summed E-state index contributed by atoms with van der Waals surface area (Å²) >= 11 is 0. The van der Waals surface area contributed by atoms with Crippen molar-refractivity contribution in [2.75, 3.05) is 0 Å². The maximum absolute atomic E-state index is 10.4. The van der Waals surface area contributed by atoms with Gasteiger partial charge < -0.3 is 9.67 Å². The van der Waals surface area contributed by atoms with Gasteiger partial charge >= 0.3 is 5.97 Å². The number of carboxylic acids is 1. The highest BCUT2D eigenvalue weighted by Crippen LogP contribution is 2.13. The fourth-order valence-corrected chi connectivity index (χ4v) is 1.44. The molecule has 1 aromatic rings. The Hall–Kier alpha value is -1.32. The molecule has 4 nitrogen and oxygen atoms in total. The molecule has 1 rings (SSSR count). The average molecular weight is 196 g/mol. The molecule has 14 heavy (non-hydrogen) atoms. The molecule has 0 bridgehead atoms. The van der Waals surface area contributed by atoms with Crippen LogP contribution in [-0.2, 0) is 18.3 Å². The van der Waals surface area contributed by atoms with Gasteiger partial charge in [0.2, 0.25) is 0 Å². The van der Waals surface area contributed by atoms with E-state index in [-0.39, 0.29) is 6.42 Å². The Kier molecular flexibility index (Phi) is 3.28. The van der Waals surface area contributed by atoms with Crippen LogP contribution in [0.4, 0.5) is 0 Å². The van der Waals surface area contributed by atoms with Crippen molar-refractivity contribution >= 4 is 5.97 Å². The van der Waals surface area contributed by atoms with Crippen molar-refractivity contribution in [1.29, 1.82) is 0 Å². The molecule has 0 saturated heterocycles. The maximum Gasteiger partial charge on any atom is 0.303 e. The quantitative estimate of drug-likeness (QED) is 0.795. The van der Waals surface area contributed by atoms with Crippen LogP contribution in [0.15, 0.2) is 6.20 Å². The number of carbonyl (C=O) groups is 1. The van der Waals surface area contributed by atoms with E-state index in [9.17, 15) is 4.79 Å². The van der Waals surface area contributed by atoms with Crippen LogP contribution in [0.25, 0.3) is 0 Å². The Morgan fingerprint density at radius 1 is 1.64 bits per heavy atom. The molecule has 78 valence electrons. The van der Waals surface area contributed by atoms with Gasteiger partial charge in [0.1, 0.15) is 5.82 Å². The van der Waals surface area contributed by atoms with E-state index < -0.39 is 5.97 Å². The van der Waals surface area contributed by atoms with Crippen LogP contribution in [0.5, 0.6) is 0 Å². The SMILES string of the molecule is CC(C)c1nc(CCC(=O)O)cn1C. The van der Waals surface area contributed by atoms with Crippen molar-refractivity contribution in [3.8, 4) is 0 Å². The maximum atomic E-state index is 10.4. The van der Waals surface area contributed by atoms with Gasteiger partial charge in [-0.2, -0.15) is 0 Å². The number of carboxylic acid groups (broad SMARTS) is 1. The number of hydrogen-bond donors (Lipinski definition) is 1. The van der Waals surface area contributed by atoms with Crippen LogP contribution in [0.3, 0.4) is 0 Å². The number of hydrogen-bond acceptors (Lipinski definition) is 2. The monoisotopic (exact) mass is 196 g/mol. The molecule has 0 unspecified atom stereocenters. The number of rotatable bonds is 4. The molecule has 0 aliphatic heterocycles. The van der Waals surface area contributed by atoms with E-state index in [2.05, 4.69) is 18.8 Å². The van der Waals surface area contributed by atoms with Gasteiger partial charge in [0, 0.05) is 25.6 Å². The minimum atomic E-state index is -0.776. The third-order valence-corrected chi connectivity index (χ3v) is 2.07. The highest BCUT2D eigenvalue weighted by molar-refractivity contribution is 5.66. The summed E-state index contributed by atoms with van der Waals surface area (Å²) in [7, 11) is 1.94. The predicted molar refractivity (Wildman–Crippen MR) is 53.3 cm³/mol. The lowest BCUT2D eigenvalue weighted by Crippen LogP contribution is -1.99. The van der Waals surface area contributed by atoms with Gasteiger partial charge in [-0.25, -0.2) is 4.98 Å². The number of imidazole rings is 1. The van der Waals surface area contributed by atoms with Gasteiger partial charge in [-0.3, -0.25) is 4.79 Å². The van der Waals surface area contributed by atoms with Crippen molar-refractivity contribution in [2.45, 2.75) is 32.6 Å². The largest absolute Gasteiger partial charge is 0.481 e. The first-order chi connectivity index (χ1) is 6.50. The van der Waals surface area contributed by atoms with Crippen molar-refractivity contribution < 1.29 is 9.90 Å². The number of nitrogens with zero attached hydrogens (tertiary/aromatic N) is 2. The molecular formula is C10H16N2O2. The van der Waals surface area contributed by atoms with Gasteiger partial charge in [-0.15, -0.1) is 0 Å². The van der Waals surface area contributed by atoms with Crippen molar-refractivity contribution in [3.63, 3.8) is 0 Å². The van der Waals surface area contributed by atoms with Crippen LogP contribution < -0.4 is 0 Å². The number of aryl methyl sites for hydroxylation is 2. The van der Waals surface area contributed by atoms with Gasteiger partial charge in [0.25, 0.3) is 0 Å². The second kappa shape index (κ2) is 4.26. The van der Waals surface area contributed by atoms with Gasteiger partial charge in [-0.1, -0.05) is 13.8 Å². The van der Waals surface area contributed by atoms with E-state index in [1.807, 2.05) is 17.8 Å². The molecule has 0 aliphatic carbocycles. The topological polar surface area (TPSA) is 55.1 Å². The van der Waals surface area contributed by atoms with E-state index in [0.717, 1.165) is 11.5 Å². The lowest BCUT2D eigenvalue weighted by molar-refractivity contribution is -0.136. The average Bonchev–Trinajstić information content (AvgIpc) is 2.43. The fraction of sp³-hybridized carbons (Fsp3) is 0.600. The molecule has 0 aliphatic rings. The van der Waals surface area contributed by atoms with Crippen molar-refractivity contribution in [1.82, 2.24) is 9.55 Å². The van der Waals surface area contributed by atoms with Gasteiger partial charge in [-0.05, 0) is 0 Å².